The van der Waals surface area contributed by atoms with Gasteiger partial charge >= 0.3 is 0 Å². The summed E-state index contributed by atoms with van der Waals surface area (Å²) >= 11 is 0. The van der Waals surface area contributed by atoms with Crippen molar-refractivity contribution >= 4 is 0 Å². The van der Waals surface area contributed by atoms with Gasteiger partial charge in [-0.25, -0.2) is 0 Å². The number of rotatable bonds is 3. The molecule has 0 radical (unpaired) electrons. The average Bonchev–Trinajstić information content (AvgIpc) is 2.62. The van der Waals surface area contributed by atoms with Crippen LogP contribution in [0.15, 0.2) is 24.3 Å². The molecule has 1 N–H and O–H groups in total. The lowest BCUT2D eigenvalue weighted by Gasteiger charge is -2.42. The molecule has 0 saturated carbocycles. The smallest absolute Gasteiger partial charge is 0.119 e. The van der Waals surface area contributed by atoms with Crippen LogP contribution in [0.4, 0.5) is 0 Å². The van der Waals surface area contributed by atoms with Gasteiger partial charge in [0.1, 0.15) is 5.75 Å². The summed E-state index contributed by atoms with van der Waals surface area (Å²) in [5.41, 5.74) is 0.635. The number of aliphatic hydroxyl groups is 1. The van der Waals surface area contributed by atoms with Gasteiger partial charge in [-0.1, -0.05) is 12.1 Å². The second-order valence-electron chi connectivity index (χ2n) is 6.21. The first kappa shape index (κ1) is 12.9. The summed E-state index contributed by atoms with van der Waals surface area (Å²) in [6, 6.07) is 9.20. The number of methoxy groups -OCH3 is 1. The normalized spacial score (nSPS) is 34.5. The van der Waals surface area contributed by atoms with Crippen molar-refractivity contribution in [3.8, 4) is 5.75 Å². The molecule has 2 unspecified atom stereocenters. The number of benzene rings is 1. The number of hydrogen-bond acceptors (Lipinski definition) is 3. The van der Waals surface area contributed by atoms with Gasteiger partial charge in [0.15, 0.2) is 0 Å². The monoisotopic (exact) mass is 261 g/mol. The average molecular weight is 261 g/mol. The Morgan fingerprint density at radius 1 is 1.32 bits per heavy atom. The van der Waals surface area contributed by atoms with E-state index >= 15 is 0 Å². The van der Waals surface area contributed by atoms with Crippen LogP contribution in [-0.2, 0) is 6.42 Å². The third-order valence-corrected chi connectivity index (χ3v) is 4.88. The van der Waals surface area contributed by atoms with E-state index in [1.165, 1.54) is 18.4 Å². The van der Waals surface area contributed by atoms with E-state index in [9.17, 15) is 5.11 Å². The number of nitrogens with zero attached hydrogens (tertiary/aromatic N) is 1. The van der Waals surface area contributed by atoms with Crippen LogP contribution in [0.5, 0.6) is 5.75 Å². The van der Waals surface area contributed by atoms with E-state index < -0.39 is 5.60 Å². The van der Waals surface area contributed by atoms with Crippen LogP contribution < -0.4 is 4.74 Å². The molecule has 0 amide bonds. The molecule has 104 valence electrons. The Balaban J connectivity index is 1.75. The third kappa shape index (κ3) is 2.49. The number of piperidine rings is 1. The molecule has 0 aromatic heterocycles. The molecule has 0 spiro atoms. The van der Waals surface area contributed by atoms with Crippen LogP contribution in [0.2, 0.25) is 0 Å². The van der Waals surface area contributed by atoms with Gasteiger partial charge in [0.2, 0.25) is 0 Å². The first-order valence-electron chi connectivity index (χ1n) is 7.17. The van der Waals surface area contributed by atoms with Crippen LogP contribution >= 0.6 is 0 Å². The van der Waals surface area contributed by atoms with E-state index in [0.717, 1.165) is 25.0 Å². The van der Waals surface area contributed by atoms with Crippen LogP contribution in [0.25, 0.3) is 0 Å². The Hall–Kier alpha value is -1.06. The second kappa shape index (κ2) is 4.80. The molecular weight excluding hydrogens is 238 g/mol. The maximum Gasteiger partial charge on any atom is 0.119 e. The predicted molar refractivity (Wildman–Crippen MR) is 75.5 cm³/mol. The highest BCUT2D eigenvalue weighted by atomic mass is 16.5. The molecule has 3 nitrogen and oxygen atoms in total. The fourth-order valence-electron chi connectivity index (χ4n) is 3.85. The summed E-state index contributed by atoms with van der Waals surface area (Å²) in [5.74, 6) is 0.872. The molecule has 2 atom stereocenters. The molecule has 2 aliphatic heterocycles. The minimum absolute atomic E-state index is 0.537. The highest BCUT2D eigenvalue weighted by Crippen LogP contribution is 2.41. The van der Waals surface area contributed by atoms with Crippen molar-refractivity contribution in [2.75, 3.05) is 14.2 Å². The number of hydrogen-bond donors (Lipinski definition) is 1. The Bertz CT molecular complexity index is 446. The summed E-state index contributed by atoms with van der Waals surface area (Å²) in [6.45, 7) is 0. The molecule has 19 heavy (non-hydrogen) atoms. The van der Waals surface area contributed by atoms with Gasteiger partial charge in [-0.2, -0.15) is 0 Å². The zero-order chi connectivity index (χ0) is 13.5. The van der Waals surface area contributed by atoms with Crippen LogP contribution in [-0.4, -0.2) is 41.8 Å². The first-order valence-corrected chi connectivity index (χ1v) is 7.17. The molecule has 1 aromatic rings. The van der Waals surface area contributed by atoms with Gasteiger partial charge in [-0.15, -0.1) is 0 Å². The minimum Gasteiger partial charge on any atom is -0.497 e. The highest BCUT2D eigenvalue weighted by Gasteiger charge is 2.45. The Morgan fingerprint density at radius 3 is 2.63 bits per heavy atom. The van der Waals surface area contributed by atoms with Crippen molar-refractivity contribution in [1.29, 1.82) is 0 Å². The lowest BCUT2D eigenvalue weighted by Crippen LogP contribution is -2.50. The summed E-state index contributed by atoms with van der Waals surface area (Å²) in [4.78, 5) is 2.46. The lowest BCUT2D eigenvalue weighted by molar-refractivity contribution is -0.0437. The summed E-state index contributed by atoms with van der Waals surface area (Å²) in [6.07, 6.45) is 5.02. The van der Waals surface area contributed by atoms with Gasteiger partial charge < -0.3 is 14.7 Å². The Kier molecular flexibility index (Phi) is 3.27. The summed E-state index contributed by atoms with van der Waals surface area (Å²) < 4.78 is 5.26. The van der Waals surface area contributed by atoms with E-state index in [0.29, 0.717) is 12.1 Å². The maximum atomic E-state index is 10.9. The first-order chi connectivity index (χ1) is 9.09. The fraction of sp³-hybridized carbons (Fsp3) is 0.625. The highest BCUT2D eigenvalue weighted by molar-refractivity contribution is 5.29. The zero-order valence-corrected chi connectivity index (χ0v) is 11.8. The van der Waals surface area contributed by atoms with Crippen molar-refractivity contribution in [3.05, 3.63) is 29.8 Å². The van der Waals surface area contributed by atoms with Crippen LogP contribution in [0, 0.1) is 0 Å². The largest absolute Gasteiger partial charge is 0.497 e. The van der Waals surface area contributed by atoms with E-state index in [1.54, 1.807) is 7.11 Å². The molecule has 1 aromatic carbocycles. The number of ether oxygens (including phenoxy) is 1. The SMILES string of the molecule is COc1cccc(CC2(O)CC3CCC(C2)N3C)c1. The van der Waals surface area contributed by atoms with Crippen molar-refractivity contribution in [1.82, 2.24) is 4.90 Å². The van der Waals surface area contributed by atoms with E-state index in [-0.39, 0.29) is 0 Å². The van der Waals surface area contributed by atoms with Gasteiger partial charge in [-0.3, -0.25) is 0 Å². The topological polar surface area (TPSA) is 32.7 Å². The quantitative estimate of drug-likeness (QED) is 0.905. The minimum atomic E-state index is -0.537. The second-order valence-corrected chi connectivity index (χ2v) is 6.21. The van der Waals surface area contributed by atoms with Crippen molar-refractivity contribution in [2.24, 2.45) is 0 Å². The van der Waals surface area contributed by atoms with Crippen molar-refractivity contribution < 1.29 is 9.84 Å². The molecular formula is C16H23NO2. The van der Waals surface area contributed by atoms with Gasteiger partial charge in [0.25, 0.3) is 0 Å². The Labute approximate surface area is 115 Å². The molecule has 0 aliphatic carbocycles. The van der Waals surface area contributed by atoms with Crippen molar-refractivity contribution in [3.63, 3.8) is 0 Å². The van der Waals surface area contributed by atoms with Gasteiger partial charge in [0, 0.05) is 18.5 Å². The van der Waals surface area contributed by atoms with E-state index in [1.807, 2.05) is 18.2 Å². The summed E-state index contributed by atoms with van der Waals surface area (Å²) in [5, 5.41) is 10.9. The zero-order valence-electron chi connectivity index (χ0n) is 11.8. The Morgan fingerprint density at radius 2 is 2.00 bits per heavy atom. The van der Waals surface area contributed by atoms with Crippen LogP contribution in [0.3, 0.4) is 0 Å². The van der Waals surface area contributed by atoms with E-state index in [2.05, 4.69) is 18.0 Å². The van der Waals surface area contributed by atoms with E-state index in [4.69, 9.17) is 4.74 Å². The molecule has 2 bridgehead atoms. The van der Waals surface area contributed by atoms with Gasteiger partial charge in [0.05, 0.1) is 12.7 Å². The lowest BCUT2D eigenvalue weighted by atomic mass is 9.81. The third-order valence-electron chi connectivity index (χ3n) is 4.88. The predicted octanol–water partition coefficient (Wildman–Crippen LogP) is 2.23. The molecule has 2 saturated heterocycles. The van der Waals surface area contributed by atoms with Gasteiger partial charge in [-0.05, 0) is 50.4 Å². The number of fused-ring (bicyclic) bond motifs is 2. The molecule has 2 aliphatic rings. The van der Waals surface area contributed by atoms with Crippen molar-refractivity contribution in [2.45, 2.75) is 49.8 Å². The molecule has 3 rings (SSSR count). The maximum absolute atomic E-state index is 10.9. The molecule has 2 heterocycles. The standard InChI is InChI=1S/C16H23NO2/c1-17-13-6-7-14(17)11-16(18,10-13)9-12-4-3-5-15(8-12)19-2/h3-5,8,13-14,18H,6-7,9-11H2,1-2H3. The summed E-state index contributed by atoms with van der Waals surface area (Å²) in [7, 11) is 3.89. The fourth-order valence-corrected chi connectivity index (χ4v) is 3.85. The molecule has 3 heteroatoms. The molecule has 2 fully saturated rings. The van der Waals surface area contributed by atoms with Crippen LogP contribution in [0.1, 0.15) is 31.2 Å².